The highest BCUT2D eigenvalue weighted by atomic mass is 19.4. The first kappa shape index (κ1) is 18.4. The number of alkyl halides is 3. The predicted molar refractivity (Wildman–Crippen MR) is 84.3 cm³/mol. The minimum absolute atomic E-state index is 0.108. The number of nitrogens with two attached hydrogens (primary N) is 1. The number of ether oxygens (including phenoxy) is 4. The molecule has 2 N–H and O–H groups in total. The number of rotatable bonds is 4. The summed E-state index contributed by atoms with van der Waals surface area (Å²) in [7, 11) is 0. The van der Waals surface area contributed by atoms with Gasteiger partial charge in [0, 0.05) is 25.3 Å². The number of carbonyl (C=O) groups is 1. The van der Waals surface area contributed by atoms with E-state index in [4.69, 9.17) is 24.7 Å². The van der Waals surface area contributed by atoms with Crippen molar-refractivity contribution in [2.75, 3.05) is 19.8 Å². The summed E-state index contributed by atoms with van der Waals surface area (Å²) >= 11 is 0. The van der Waals surface area contributed by atoms with E-state index in [0.717, 1.165) is 6.92 Å². The van der Waals surface area contributed by atoms with Crippen molar-refractivity contribution >= 4 is 11.5 Å². The minimum Gasteiger partial charge on any atom is -0.480 e. The van der Waals surface area contributed by atoms with E-state index in [1.54, 1.807) is 6.07 Å². The Bertz CT molecular complexity index is 738. The normalized spacial score (nSPS) is 22.6. The van der Waals surface area contributed by atoms with E-state index >= 15 is 0 Å². The summed E-state index contributed by atoms with van der Waals surface area (Å²) in [5.41, 5.74) is 6.75. The van der Waals surface area contributed by atoms with Gasteiger partial charge in [0.25, 0.3) is 0 Å². The molecule has 0 aromatic heterocycles. The van der Waals surface area contributed by atoms with E-state index in [9.17, 15) is 18.0 Å². The van der Waals surface area contributed by atoms with Crippen LogP contribution in [0.4, 0.5) is 13.2 Å². The van der Waals surface area contributed by atoms with Gasteiger partial charge in [0.2, 0.25) is 0 Å². The summed E-state index contributed by atoms with van der Waals surface area (Å²) in [5.74, 6) is -0.737. The zero-order valence-corrected chi connectivity index (χ0v) is 14.0. The van der Waals surface area contributed by atoms with Crippen LogP contribution in [0.3, 0.4) is 0 Å². The summed E-state index contributed by atoms with van der Waals surface area (Å²) in [6, 6.07) is 4.29. The zero-order valence-electron chi connectivity index (χ0n) is 14.0. The van der Waals surface area contributed by atoms with Crippen molar-refractivity contribution in [3.63, 3.8) is 0 Å². The first-order chi connectivity index (χ1) is 12.2. The Morgan fingerprint density at radius 3 is 2.73 bits per heavy atom. The molecule has 1 unspecified atom stereocenters. The number of benzene rings is 1. The predicted octanol–water partition coefficient (Wildman–Crippen LogP) is 2.76. The zero-order chi connectivity index (χ0) is 18.9. The molecule has 1 aromatic carbocycles. The van der Waals surface area contributed by atoms with E-state index in [0.29, 0.717) is 37.2 Å². The molecule has 0 radical (unpaired) electrons. The summed E-state index contributed by atoms with van der Waals surface area (Å²) in [4.78, 5) is 11.3. The van der Waals surface area contributed by atoms with Crippen LogP contribution in [0.2, 0.25) is 0 Å². The van der Waals surface area contributed by atoms with Gasteiger partial charge in [-0.3, -0.25) is 4.79 Å². The number of carbonyl (C=O) groups excluding carboxylic acids is 1. The smallest absolute Gasteiger partial charge is 0.422 e. The average molecular weight is 373 g/mol. The van der Waals surface area contributed by atoms with E-state index in [1.807, 2.05) is 0 Å². The van der Waals surface area contributed by atoms with Crippen molar-refractivity contribution in [3.05, 3.63) is 29.6 Å². The van der Waals surface area contributed by atoms with Gasteiger partial charge in [0.1, 0.15) is 5.60 Å². The molecular weight excluding hydrogens is 355 g/mol. The molecule has 1 saturated heterocycles. The van der Waals surface area contributed by atoms with Crippen LogP contribution in [-0.4, -0.2) is 37.6 Å². The fraction of sp³-hybridized carbons (Fsp3) is 0.471. The van der Waals surface area contributed by atoms with Gasteiger partial charge in [-0.2, -0.15) is 13.2 Å². The van der Waals surface area contributed by atoms with Gasteiger partial charge in [-0.15, -0.1) is 0 Å². The molecule has 9 heteroatoms. The lowest BCUT2D eigenvalue weighted by Gasteiger charge is -2.21. The molecule has 0 bridgehead atoms. The Balaban J connectivity index is 1.86. The molecule has 2 aliphatic heterocycles. The largest absolute Gasteiger partial charge is 0.480 e. The third-order valence-corrected chi connectivity index (χ3v) is 4.13. The molecule has 1 atom stereocenters. The second kappa shape index (κ2) is 6.71. The molecule has 0 amide bonds. The lowest BCUT2D eigenvalue weighted by Crippen LogP contribution is -2.29. The summed E-state index contributed by atoms with van der Waals surface area (Å²) in [6.45, 7) is 0.649. The molecule has 1 aromatic rings. The quantitative estimate of drug-likeness (QED) is 0.646. The van der Waals surface area contributed by atoms with Crippen LogP contribution in [0.15, 0.2) is 24.1 Å². The Kier molecular flexibility index (Phi) is 4.74. The van der Waals surface area contributed by atoms with Crippen LogP contribution in [-0.2, 0) is 14.3 Å². The number of esters is 1. The molecule has 2 aliphatic rings. The van der Waals surface area contributed by atoms with Crippen molar-refractivity contribution in [3.8, 4) is 11.5 Å². The summed E-state index contributed by atoms with van der Waals surface area (Å²) in [6.07, 6.45) is -3.31. The van der Waals surface area contributed by atoms with E-state index < -0.39 is 24.4 Å². The second-order valence-electron chi connectivity index (χ2n) is 6.27. The van der Waals surface area contributed by atoms with Crippen LogP contribution in [0.1, 0.15) is 25.3 Å². The lowest BCUT2D eigenvalue weighted by atomic mass is 9.92. The maximum atomic E-state index is 12.4. The molecule has 1 spiro atoms. The lowest BCUT2D eigenvalue weighted by molar-refractivity contribution is -0.153. The highest BCUT2D eigenvalue weighted by Crippen LogP contribution is 2.44. The van der Waals surface area contributed by atoms with Crippen LogP contribution in [0.5, 0.6) is 11.5 Å². The Morgan fingerprint density at radius 1 is 1.35 bits per heavy atom. The number of hydrogen-bond acceptors (Lipinski definition) is 6. The maximum Gasteiger partial charge on any atom is 0.422 e. The average Bonchev–Trinajstić information content (AvgIpc) is 3.11. The van der Waals surface area contributed by atoms with E-state index in [1.165, 1.54) is 12.1 Å². The van der Waals surface area contributed by atoms with Crippen molar-refractivity contribution in [2.45, 2.75) is 31.5 Å². The van der Waals surface area contributed by atoms with Gasteiger partial charge in [0.15, 0.2) is 24.0 Å². The van der Waals surface area contributed by atoms with Gasteiger partial charge in [-0.25, -0.2) is 0 Å². The van der Waals surface area contributed by atoms with Gasteiger partial charge in [-0.05, 0) is 17.7 Å². The standard InChI is InChI=1S/C17H18F3NO5/c1-10(22)25-14-6-11(2-3-13(14)24-9-17(18,19)20)12-7-16(26-15(12)21)4-5-23-8-16/h2-3,6H,4-5,7-9,21H2,1H3. The first-order valence-electron chi connectivity index (χ1n) is 7.95. The Morgan fingerprint density at radius 2 is 2.12 bits per heavy atom. The van der Waals surface area contributed by atoms with Crippen molar-refractivity contribution in [1.82, 2.24) is 0 Å². The maximum absolute atomic E-state index is 12.4. The fourth-order valence-corrected chi connectivity index (χ4v) is 3.00. The molecule has 0 saturated carbocycles. The highest BCUT2D eigenvalue weighted by Gasteiger charge is 2.44. The molecule has 6 nitrogen and oxygen atoms in total. The van der Waals surface area contributed by atoms with Gasteiger partial charge in [0.05, 0.1) is 13.2 Å². The molecular formula is C17H18F3NO5. The summed E-state index contributed by atoms with van der Waals surface area (Å²) < 4.78 is 58.1. The van der Waals surface area contributed by atoms with Crippen molar-refractivity contribution < 1.29 is 36.9 Å². The third kappa shape index (κ3) is 4.04. The van der Waals surface area contributed by atoms with Crippen LogP contribution >= 0.6 is 0 Å². The molecule has 1 fully saturated rings. The molecule has 2 heterocycles. The topological polar surface area (TPSA) is 80.0 Å². The van der Waals surface area contributed by atoms with Crippen molar-refractivity contribution in [1.29, 1.82) is 0 Å². The third-order valence-electron chi connectivity index (χ3n) is 4.13. The van der Waals surface area contributed by atoms with Gasteiger partial charge >= 0.3 is 12.1 Å². The molecule has 0 aliphatic carbocycles. The fourth-order valence-electron chi connectivity index (χ4n) is 3.00. The van der Waals surface area contributed by atoms with Crippen LogP contribution in [0, 0.1) is 0 Å². The number of halogens is 3. The first-order valence-corrected chi connectivity index (χ1v) is 7.95. The Hall–Kier alpha value is -2.42. The molecule has 3 rings (SSSR count). The van der Waals surface area contributed by atoms with Gasteiger partial charge in [-0.1, -0.05) is 6.07 Å². The van der Waals surface area contributed by atoms with Crippen LogP contribution in [0.25, 0.3) is 5.57 Å². The highest BCUT2D eigenvalue weighted by molar-refractivity contribution is 5.75. The van der Waals surface area contributed by atoms with Crippen molar-refractivity contribution in [2.24, 2.45) is 5.73 Å². The van der Waals surface area contributed by atoms with E-state index in [-0.39, 0.29) is 17.4 Å². The molecule has 142 valence electrons. The monoisotopic (exact) mass is 373 g/mol. The second-order valence-corrected chi connectivity index (χ2v) is 6.27. The Labute approximate surface area is 147 Å². The van der Waals surface area contributed by atoms with Gasteiger partial charge < -0.3 is 24.7 Å². The van der Waals surface area contributed by atoms with E-state index in [2.05, 4.69) is 0 Å². The SMILES string of the molecule is CC(=O)Oc1cc(C2=C(N)OC3(CCOC3)C2)ccc1OCC(F)(F)F. The van der Waals surface area contributed by atoms with Crippen LogP contribution < -0.4 is 15.2 Å². The summed E-state index contributed by atoms with van der Waals surface area (Å²) in [5, 5.41) is 0. The number of hydrogen-bond donors (Lipinski definition) is 1. The molecule has 26 heavy (non-hydrogen) atoms. The minimum atomic E-state index is -4.51.